The van der Waals surface area contributed by atoms with Crippen LogP contribution in [-0.4, -0.2) is 23.7 Å². The van der Waals surface area contributed by atoms with Crippen molar-refractivity contribution in [1.29, 1.82) is 0 Å². The Morgan fingerprint density at radius 3 is 3.07 bits per heavy atom. The molecule has 0 radical (unpaired) electrons. The van der Waals surface area contributed by atoms with Crippen molar-refractivity contribution >= 4 is 5.97 Å². The van der Waals surface area contributed by atoms with Gasteiger partial charge in [-0.2, -0.15) is 0 Å². The first kappa shape index (κ1) is 9.02. The van der Waals surface area contributed by atoms with E-state index in [0.29, 0.717) is 18.8 Å². The van der Waals surface area contributed by atoms with E-state index in [0.717, 1.165) is 5.56 Å². The zero-order valence-electron chi connectivity index (χ0n) is 7.56. The number of hydrogen-bond donors (Lipinski definition) is 2. The predicted octanol–water partition coefficient (Wildman–Crippen LogP) is 0.647. The second-order valence-corrected chi connectivity index (χ2v) is 3.37. The molecule has 4 nitrogen and oxygen atoms in total. The van der Waals surface area contributed by atoms with Crippen molar-refractivity contribution in [3.63, 3.8) is 0 Å². The van der Waals surface area contributed by atoms with Gasteiger partial charge in [0.2, 0.25) is 0 Å². The molecule has 0 saturated carbocycles. The van der Waals surface area contributed by atoms with E-state index in [1.807, 2.05) is 6.07 Å². The Bertz CT molecular complexity index is 376. The van der Waals surface area contributed by atoms with Crippen molar-refractivity contribution in [3.8, 4) is 5.75 Å². The van der Waals surface area contributed by atoms with Gasteiger partial charge in [-0.25, -0.2) is 4.79 Å². The van der Waals surface area contributed by atoms with Gasteiger partial charge in [0.25, 0.3) is 0 Å². The zero-order chi connectivity index (χ0) is 10.1. The first-order valence-electron chi connectivity index (χ1n) is 4.42. The number of hydrogen-bond acceptors (Lipinski definition) is 3. The SMILES string of the molecule is N[C@@H]1COc2c(cccc2C(=O)O)C1. The van der Waals surface area contributed by atoms with Gasteiger partial charge < -0.3 is 15.6 Å². The average Bonchev–Trinajstić information content (AvgIpc) is 2.16. The van der Waals surface area contributed by atoms with Gasteiger partial charge >= 0.3 is 5.97 Å². The molecule has 3 N–H and O–H groups in total. The molecule has 0 bridgehead atoms. The lowest BCUT2D eigenvalue weighted by molar-refractivity contribution is 0.0690. The normalized spacial score (nSPS) is 19.6. The number of carboxylic acid groups (broad SMARTS) is 1. The highest BCUT2D eigenvalue weighted by Crippen LogP contribution is 2.28. The molecule has 0 aromatic heterocycles. The molecule has 1 heterocycles. The maximum atomic E-state index is 10.8. The molecule has 14 heavy (non-hydrogen) atoms. The van der Waals surface area contributed by atoms with Crippen LogP contribution in [0.4, 0.5) is 0 Å². The number of nitrogens with two attached hydrogens (primary N) is 1. The number of aromatic carboxylic acids is 1. The number of fused-ring (bicyclic) bond motifs is 1. The summed E-state index contributed by atoms with van der Waals surface area (Å²) in [6.07, 6.45) is 0.677. The average molecular weight is 193 g/mol. The van der Waals surface area contributed by atoms with Crippen molar-refractivity contribution < 1.29 is 14.6 Å². The molecule has 74 valence electrons. The molecule has 0 unspecified atom stereocenters. The van der Waals surface area contributed by atoms with Crippen molar-refractivity contribution in [2.75, 3.05) is 6.61 Å². The highest BCUT2D eigenvalue weighted by molar-refractivity contribution is 5.91. The Balaban J connectivity index is 2.46. The summed E-state index contributed by atoms with van der Waals surface area (Å²) in [5, 5.41) is 8.90. The van der Waals surface area contributed by atoms with E-state index in [-0.39, 0.29) is 11.6 Å². The number of ether oxygens (including phenoxy) is 1. The monoisotopic (exact) mass is 193 g/mol. The standard InChI is InChI=1S/C10H11NO3/c11-7-4-6-2-1-3-8(10(12)13)9(6)14-5-7/h1-3,7H,4-5,11H2,(H,12,13)/t7-/m0/s1. The van der Waals surface area contributed by atoms with Crippen LogP contribution in [0.25, 0.3) is 0 Å². The van der Waals surface area contributed by atoms with Crippen molar-refractivity contribution in [1.82, 2.24) is 0 Å². The van der Waals surface area contributed by atoms with Gasteiger partial charge in [-0.1, -0.05) is 12.1 Å². The van der Waals surface area contributed by atoms with Crippen LogP contribution in [0.2, 0.25) is 0 Å². The molecular weight excluding hydrogens is 182 g/mol. The summed E-state index contributed by atoms with van der Waals surface area (Å²) in [7, 11) is 0. The maximum Gasteiger partial charge on any atom is 0.339 e. The number of para-hydroxylation sites is 1. The summed E-state index contributed by atoms with van der Waals surface area (Å²) in [4.78, 5) is 10.8. The van der Waals surface area contributed by atoms with Crippen LogP contribution in [0.5, 0.6) is 5.75 Å². The highest BCUT2D eigenvalue weighted by Gasteiger charge is 2.21. The summed E-state index contributed by atoms with van der Waals surface area (Å²) in [6, 6.07) is 5.06. The molecule has 1 aliphatic rings. The minimum Gasteiger partial charge on any atom is -0.491 e. The molecule has 0 aliphatic carbocycles. The fraction of sp³-hybridized carbons (Fsp3) is 0.300. The van der Waals surface area contributed by atoms with E-state index in [2.05, 4.69) is 0 Å². The lowest BCUT2D eigenvalue weighted by Gasteiger charge is -2.23. The molecule has 4 heteroatoms. The number of carbonyl (C=O) groups is 1. The molecule has 1 aromatic carbocycles. The van der Waals surface area contributed by atoms with Crippen LogP contribution in [0.1, 0.15) is 15.9 Å². The Hall–Kier alpha value is -1.55. The van der Waals surface area contributed by atoms with Crippen LogP contribution < -0.4 is 10.5 Å². The molecule has 0 spiro atoms. The summed E-state index contributed by atoms with van der Waals surface area (Å²) in [5.41, 5.74) is 6.80. The van der Waals surface area contributed by atoms with E-state index in [4.69, 9.17) is 15.6 Å². The molecule has 1 atom stereocenters. The Morgan fingerprint density at radius 1 is 1.57 bits per heavy atom. The van der Waals surface area contributed by atoms with Crippen LogP contribution in [0, 0.1) is 0 Å². The van der Waals surface area contributed by atoms with E-state index < -0.39 is 5.97 Å². The lowest BCUT2D eigenvalue weighted by Crippen LogP contribution is -2.34. The summed E-state index contributed by atoms with van der Waals surface area (Å²) in [5.74, 6) is -0.487. The molecular formula is C10H11NO3. The second kappa shape index (κ2) is 3.31. The van der Waals surface area contributed by atoms with E-state index in [9.17, 15) is 4.79 Å². The Morgan fingerprint density at radius 2 is 2.36 bits per heavy atom. The second-order valence-electron chi connectivity index (χ2n) is 3.37. The third-order valence-electron chi connectivity index (χ3n) is 2.25. The topological polar surface area (TPSA) is 72.5 Å². The van der Waals surface area contributed by atoms with Crippen LogP contribution in [-0.2, 0) is 6.42 Å². The van der Waals surface area contributed by atoms with Crippen molar-refractivity contribution in [3.05, 3.63) is 29.3 Å². The number of benzene rings is 1. The van der Waals surface area contributed by atoms with Crippen LogP contribution in [0.15, 0.2) is 18.2 Å². The van der Waals surface area contributed by atoms with Crippen LogP contribution >= 0.6 is 0 Å². The molecule has 0 amide bonds. The number of rotatable bonds is 1. The van der Waals surface area contributed by atoms with Gasteiger partial charge in [-0.05, 0) is 18.1 Å². The minimum atomic E-state index is -0.961. The molecule has 2 rings (SSSR count). The zero-order valence-corrected chi connectivity index (χ0v) is 7.56. The van der Waals surface area contributed by atoms with Gasteiger partial charge in [0.05, 0.1) is 0 Å². The van der Waals surface area contributed by atoms with E-state index in [1.54, 1.807) is 6.07 Å². The fourth-order valence-corrected chi connectivity index (χ4v) is 1.62. The fourth-order valence-electron chi connectivity index (χ4n) is 1.62. The van der Waals surface area contributed by atoms with Crippen molar-refractivity contribution in [2.24, 2.45) is 5.73 Å². The first-order chi connectivity index (χ1) is 6.68. The molecule has 0 saturated heterocycles. The maximum absolute atomic E-state index is 10.8. The summed E-state index contributed by atoms with van der Waals surface area (Å²) in [6.45, 7) is 0.386. The quantitative estimate of drug-likeness (QED) is 0.686. The Kier molecular flexibility index (Phi) is 2.13. The summed E-state index contributed by atoms with van der Waals surface area (Å²) < 4.78 is 5.32. The van der Waals surface area contributed by atoms with E-state index >= 15 is 0 Å². The van der Waals surface area contributed by atoms with Gasteiger partial charge in [0.15, 0.2) is 0 Å². The van der Waals surface area contributed by atoms with E-state index in [1.165, 1.54) is 6.07 Å². The largest absolute Gasteiger partial charge is 0.491 e. The molecule has 1 aliphatic heterocycles. The van der Waals surface area contributed by atoms with Crippen molar-refractivity contribution in [2.45, 2.75) is 12.5 Å². The predicted molar refractivity (Wildman–Crippen MR) is 50.6 cm³/mol. The van der Waals surface area contributed by atoms with Gasteiger partial charge in [-0.3, -0.25) is 0 Å². The van der Waals surface area contributed by atoms with Gasteiger partial charge in [0, 0.05) is 6.04 Å². The van der Waals surface area contributed by atoms with Gasteiger partial charge in [-0.15, -0.1) is 0 Å². The third kappa shape index (κ3) is 1.44. The smallest absolute Gasteiger partial charge is 0.339 e. The van der Waals surface area contributed by atoms with Gasteiger partial charge in [0.1, 0.15) is 17.9 Å². The first-order valence-corrected chi connectivity index (χ1v) is 4.42. The molecule has 1 aromatic rings. The third-order valence-corrected chi connectivity index (χ3v) is 2.25. The minimum absolute atomic E-state index is 0.0356. The Labute approximate surface area is 81.3 Å². The lowest BCUT2D eigenvalue weighted by atomic mass is 10.00. The number of carboxylic acids is 1. The molecule has 0 fully saturated rings. The van der Waals surface area contributed by atoms with Crippen LogP contribution in [0.3, 0.4) is 0 Å². The highest BCUT2D eigenvalue weighted by atomic mass is 16.5. The summed E-state index contributed by atoms with van der Waals surface area (Å²) >= 11 is 0.